The molecule has 0 radical (unpaired) electrons. The minimum Gasteiger partial charge on any atom is -0.391 e. The standard InChI is InChI=1S/C9H11NO/c1-8-4-3-5-9(6-8)7-11-10-2/h3-6H,2,7H2,1H3. The minimum atomic E-state index is 0.505. The third-order valence-electron chi connectivity index (χ3n) is 1.40. The van der Waals surface area contributed by atoms with E-state index in [1.54, 1.807) is 0 Å². The fourth-order valence-electron chi connectivity index (χ4n) is 0.922. The van der Waals surface area contributed by atoms with Crippen molar-refractivity contribution in [2.45, 2.75) is 13.5 Å². The van der Waals surface area contributed by atoms with E-state index in [1.807, 2.05) is 25.1 Å². The zero-order valence-corrected chi connectivity index (χ0v) is 6.58. The molecule has 1 aromatic rings. The predicted molar refractivity (Wildman–Crippen MR) is 45.5 cm³/mol. The van der Waals surface area contributed by atoms with Crippen LogP contribution < -0.4 is 0 Å². The third kappa shape index (κ3) is 2.42. The van der Waals surface area contributed by atoms with Crippen molar-refractivity contribution < 1.29 is 4.84 Å². The predicted octanol–water partition coefficient (Wildman–Crippen LogP) is 2.13. The zero-order chi connectivity index (χ0) is 8.10. The van der Waals surface area contributed by atoms with Gasteiger partial charge in [0.25, 0.3) is 0 Å². The monoisotopic (exact) mass is 149 g/mol. The van der Waals surface area contributed by atoms with Gasteiger partial charge in [-0.3, -0.25) is 0 Å². The van der Waals surface area contributed by atoms with Gasteiger partial charge >= 0.3 is 0 Å². The van der Waals surface area contributed by atoms with E-state index >= 15 is 0 Å². The molecule has 2 heteroatoms. The van der Waals surface area contributed by atoms with Gasteiger partial charge in [0.05, 0.1) is 0 Å². The maximum Gasteiger partial charge on any atom is 0.142 e. The molecule has 0 atom stereocenters. The summed E-state index contributed by atoms with van der Waals surface area (Å²) >= 11 is 0. The van der Waals surface area contributed by atoms with E-state index < -0.39 is 0 Å². The Balaban J connectivity index is 2.63. The molecule has 2 nitrogen and oxygen atoms in total. The minimum absolute atomic E-state index is 0.505. The summed E-state index contributed by atoms with van der Waals surface area (Å²) in [6.07, 6.45) is 0. The second-order valence-electron chi connectivity index (χ2n) is 2.39. The smallest absolute Gasteiger partial charge is 0.142 e. The summed E-state index contributed by atoms with van der Waals surface area (Å²) in [7, 11) is 0. The highest BCUT2D eigenvalue weighted by atomic mass is 16.6. The van der Waals surface area contributed by atoms with E-state index in [1.165, 1.54) is 5.56 Å². The molecular formula is C9H11NO. The SMILES string of the molecule is C=NOCc1cccc(C)c1. The molecule has 0 aromatic heterocycles. The zero-order valence-electron chi connectivity index (χ0n) is 6.58. The molecule has 0 fully saturated rings. The normalized spacial score (nSPS) is 9.18. The number of aryl methyl sites for hydroxylation is 1. The molecule has 1 aromatic carbocycles. The van der Waals surface area contributed by atoms with Crippen LogP contribution in [-0.4, -0.2) is 6.72 Å². The lowest BCUT2D eigenvalue weighted by Crippen LogP contribution is -1.86. The van der Waals surface area contributed by atoms with Crippen LogP contribution in [0.3, 0.4) is 0 Å². The quantitative estimate of drug-likeness (QED) is 0.476. The summed E-state index contributed by atoms with van der Waals surface area (Å²) in [6, 6.07) is 8.10. The van der Waals surface area contributed by atoms with Gasteiger partial charge in [0, 0.05) is 6.72 Å². The van der Waals surface area contributed by atoms with Crippen LogP contribution in [0, 0.1) is 6.92 Å². The number of oxime groups is 1. The Hall–Kier alpha value is -1.31. The number of benzene rings is 1. The molecule has 0 aliphatic carbocycles. The van der Waals surface area contributed by atoms with Gasteiger partial charge in [0.2, 0.25) is 0 Å². The highest BCUT2D eigenvalue weighted by Crippen LogP contribution is 2.04. The van der Waals surface area contributed by atoms with Crippen LogP contribution in [0.15, 0.2) is 29.4 Å². The van der Waals surface area contributed by atoms with Gasteiger partial charge in [-0.05, 0) is 12.5 Å². The van der Waals surface area contributed by atoms with Crippen LogP contribution in [0.1, 0.15) is 11.1 Å². The molecule has 0 saturated carbocycles. The maximum absolute atomic E-state index is 4.79. The first-order chi connectivity index (χ1) is 5.33. The van der Waals surface area contributed by atoms with Gasteiger partial charge in [-0.2, -0.15) is 0 Å². The topological polar surface area (TPSA) is 21.6 Å². The van der Waals surface area contributed by atoms with Gasteiger partial charge < -0.3 is 4.84 Å². The molecule has 0 N–H and O–H groups in total. The van der Waals surface area contributed by atoms with Gasteiger partial charge in [-0.1, -0.05) is 29.8 Å². The summed E-state index contributed by atoms with van der Waals surface area (Å²) in [5, 5.41) is 3.31. The molecule has 0 bridgehead atoms. The van der Waals surface area contributed by atoms with Crippen molar-refractivity contribution in [3.63, 3.8) is 0 Å². The first-order valence-corrected chi connectivity index (χ1v) is 3.46. The summed E-state index contributed by atoms with van der Waals surface area (Å²) < 4.78 is 0. The molecule has 0 aliphatic heterocycles. The van der Waals surface area contributed by atoms with Crippen LogP contribution in [0.5, 0.6) is 0 Å². The van der Waals surface area contributed by atoms with E-state index in [9.17, 15) is 0 Å². The van der Waals surface area contributed by atoms with Crippen molar-refractivity contribution in [3.8, 4) is 0 Å². The fraction of sp³-hybridized carbons (Fsp3) is 0.222. The lowest BCUT2D eigenvalue weighted by atomic mass is 10.1. The molecule has 1 rings (SSSR count). The molecule has 0 aliphatic rings. The summed E-state index contributed by atoms with van der Waals surface area (Å²) in [5.74, 6) is 0. The number of hydrogen-bond acceptors (Lipinski definition) is 2. The van der Waals surface area contributed by atoms with Gasteiger partial charge in [0.1, 0.15) is 6.61 Å². The van der Waals surface area contributed by atoms with Crippen LogP contribution >= 0.6 is 0 Å². The van der Waals surface area contributed by atoms with Crippen LogP contribution in [0.4, 0.5) is 0 Å². The van der Waals surface area contributed by atoms with Crippen molar-refractivity contribution in [1.29, 1.82) is 0 Å². The molecule has 11 heavy (non-hydrogen) atoms. The number of nitrogens with zero attached hydrogens (tertiary/aromatic N) is 1. The second-order valence-corrected chi connectivity index (χ2v) is 2.39. The van der Waals surface area contributed by atoms with Crippen molar-refractivity contribution in [3.05, 3.63) is 35.4 Å². The van der Waals surface area contributed by atoms with E-state index in [0.29, 0.717) is 6.61 Å². The first-order valence-electron chi connectivity index (χ1n) is 3.46. The van der Waals surface area contributed by atoms with Crippen molar-refractivity contribution in [1.82, 2.24) is 0 Å². The van der Waals surface area contributed by atoms with E-state index in [4.69, 9.17) is 4.84 Å². The second kappa shape index (κ2) is 3.76. The van der Waals surface area contributed by atoms with Crippen LogP contribution in [0.2, 0.25) is 0 Å². The molecule has 0 saturated heterocycles. The van der Waals surface area contributed by atoms with Crippen molar-refractivity contribution >= 4 is 6.72 Å². The highest BCUT2D eigenvalue weighted by Gasteiger charge is 1.91. The molecule has 58 valence electrons. The lowest BCUT2D eigenvalue weighted by Gasteiger charge is -1.99. The number of rotatable bonds is 3. The molecule has 0 heterocycles. The Morgan fingerprint density at radius 3 is 3.00 bits per heavy atom. The van der Waals surface area contributed by atoms with E-state index in [-0.39, 0.29) is 0 Å². The van der Waals surface area contributed by atoms with Crippen molar-refractivity contribution in [2.75, 3.05) is 0 Å². The summed E-state index contributed by atoms with van der Waals surface area (Å²) in [5.41, 5.74) is 2.35. The molecule has 0 amide bonds. The highest BCUT2D eigenvalue weighted by molar-refractivity contribution is 5.22. The van der Waals surface area contributed by atoms with E-state index in [0.717, 1.165) is 5.56 Å². The largest absolute Gasteiger partial charge is 0.391 e. The van der Waals surface area contributed by atoms with Gasteiger partial charge in [0.15, 0.2) is 0 Å². The first kappa shape index (κ1) is 7.79. The Morgan fingerprint density at radius 1 is 1.55 bits per heavy atom. The Morgan fingerprint density at radius 2 is 2.36 bits per heavy atom. The average Bonchev–Trinajstić information content (AvgIpc) is 2.01. The molecule has 0 spiro atoms. The van der Waals surface area contributed by atoms with Crippen LogP contribution in [0.25, 0.3) is 0 Å². The summed E-state index contributed by atoms with van der Waals surface area (Å²) in [4.78, 5) is 4.79. The van der Waals surface area contributed by atoms with Gasteiger partial charge in [-0.25, -0.2) is 0 Å². The molecular weight excluding hydrogens is 138 g/mol. The van der Waals surface area contributed by atoms with E-state index in [2.05, 4.69) is 17.9 Å². The average molecular weight is 149 g/mol. The maximum atomic E-state index is 4.79. The Bertz CT molecular complexity index is 245. The third-order valence-corrected chi connectivity index (χ3v) is 1.40. The Labute approximate surface area is 66.5 Å². The lowest BCUT2D eigenvalue weighted by molar-refractivity contribution is 0.133. The number of hydrogen-bond donors (Lipinski definition) is 0. The van der Waals surface area contributed by atoms with Gasteiger partial charge in [-0.15, -0.1) is 5.16 Å². The summed E-state index contributed by atoms with van der Waals surface area (Å²) in [6.45, 7) is 5.78. The van der Waals surface area contributed by atoms with Crippen molar-refractivity contribution in [2.24, 2.45) is 5.16 Å². The molecule has 0 unspecified atom stereocenters. The fourth-order valence-corrected chi connectivity index (χ4v) is 0.922. The Kier molecular flexibility index (Phi) is 2.66. The van der Waals surface area contributed by atoms with Crippen LogP contribution in [-0.2, 0) is 11.4 Å².